The number of nitrogens with zero attached hydrogens (tertiary/aromatic N) is 1. The van der Waals surface area contributed by atoms with E-state index in [9.17, 15) is 9.59 Å². The SMILES string of the molecule is CCNC(C)(C)C(=O)N(CC(=O)OC)CC(CC)CC. The van der Waals surface area contributed by atoms with E-state index in [0.717, 1.165) is 12.8 Å². The summed E-state index contributed by atoms with van der Waals surface area (Å²) < 4.78 is 4.70. The van der Waals surface area contributed by atoms with E-state index < -0.39 is 5.54 Å². The summed E-state index contributed by atoms with van der Waals surface area (Å²) in [5.41, 5.74) is -0.672. The first-order valence-electron chi connectivity index (χ1n) is 7.43. The highest BCUT2D eigenvalue weighted by Crippen LogP contribution is 2.14. The Labute approximate surface area is 123 Å². The molecule has 0 atom stereocenters. The zero-order chi connectivity index (χ0) is 15.8. The Morgan fingerprint density at radius 2 is 1.75 bits per heavy atom. The Bertz CT molecular complexity index is 312. The highest BCUT2D eigenvalue weighted by molar-refractivity contribution is 5.88. The normalized spacial score (nSPS) is 11.6. The van der Waals surface area contributed by atoms with Crippen LogP contribution >= 0.6 is 0 Å². The number of likely N-dealkylation sites (N-methyl/N-ethyl adjacent to an activating group) is 1. The zero-order valence-electron chi connectivity index (χ0n) is 13.8. The molecule has 20 heavy (non-hydrogen) atoms. The summed E-state index contributed by atoms with van der Waals surface area (Å²) in [5, 5.41) is 3.16. The lowest BCUT2D eigenvalue weighted by molar-refractivity contribution is -0.149. The minimum absolute atomic E-state index is 0.0145. The Kier molecular flexibility index (Phi) is 8.46. The minimum Gasteiger partial charge on any atom is -0.468 e. The van der Waals surface area contributed by atoms with E-state index in [2.05, 4.69) is 19.2 Å². The van der Waals surface area contributed by atoms with Crippen LogP contribution in [0.2, 0.25) is 0 Å². The van der Waals surface area contributed by atoms with Crippen molar-refractivity contribution in [2.45, 2.75) is 53.0 Å². The zero-order valence-corrected chi connectivity index (χ0v) is 13.8. The van der Waals surface area contributed by atoms with Gasteiger partial charge in [0.05, 0.1) is 12.6 Å². The van der Waals surface area contributed by atoms with E-state index in [1.54, 1.807) is 4.90 Å². The van der Waals surface area contributed by atoms with Crippen molar-refractivity contribution in [2.75, 3.05) is 26.7 Å². The van der Waals surface area contributed by atoms with Crippen molar-refractivity contribution >= 4 is 11.9 Å². The second-order valence-electron chi connectivity index (χ2n) is 5.60. The lowest BCUT2D eigenvalue weighted by Gasteiger charge is -2.33. The molecule has 0 aliphatic rings. The molecule has 0 aliphatic heterocycles. The second kappa shape index (κ2) is 8.95. The molecule has 0 aromatic heterocycles. The summed E-state index contributed by atoms with van der Waals surface area (Å²) in [7, 11) is 1.34. The van der Waals surface area contributed by atoms with E-state index in [4.69, 9.17) is 4.74 Å². The smallest absolute Gasteiger partial charge is 0.325 e. The van der Waals surface area contributed by atoms with E-state index >= 15 is 0 Å². The van der Waals surface area contributed by atoms with Gasteiger partial charge in [-0.25, -0.2) is 0 Å². The third-order valence-corrected chi connectivity index (χ3v) is 3.62. The molecule has 0 saturated heterocycles. The first-order chi connectivity index (χ1) is 9.32. The molecule has 0 spiro atoms. The van der Waals surface area contributed by atoms with Gasteiger partial charge in [0, 0.05) is 6.54 Å². The Hall–Kier alpha value is -1.10. The van der Waals surface area contributed by atoms with E-state index in [0.29, 0.717) is 19.0 Å². The van der Waals surface area contributed by atoms with Gasteiger partial charge in [-0.05, 0) is 26.3 Å². The monoisotopic (exact) mass is 286 g/mol. The average Bonchev–Trinajstić information content (AvgIpc) is 2.42. The third kappa shape index (κ3) is 5.90. The van der Waals surface area contributed by atoms with Crippen LogP contribution in [0.5, 0.6) is 0 Å². The number of esters is 1. The van der Waals surface area contributed by atoms with Crippen molar-refractivity contribution in [1.82, 2.24) is 10.2 Å². The largest absolute Gasteiger partial charge is 0.468 e. The van der Waals surface area contributed by atoms with Gasteiger partial charge in [0.1, 0.15) is 6.54 Å². The number of ether oxygens (including phenoxy) is 1. The van der Waals surface area contributed by atoms with Crippen LogP contribution in [0.1, 0.15) is 47.5 Å². The molecule has 5 nitrogen and oxygen atoms in total. The van der Waals surface area contributed by atoms with Gasteiger partial charge in [0.2, 0.25) is 5.91 Å². The van der Waals surface area contributed by atoms with Crippen molar-refractivity contribution in [3.05, 3.63) is 0 Å². The molecule has 5 heteroatoms. The topological polar surface area (TPSA) is 58.6 Å². The quantitative estimate of drug-likeness (QED) is 0.657. The number of hydrogen-bond donors (Lipinski definition) is 1. The van der Waals surface area contributed by atoms with Gasteiger partial charge in [0.25, 0.3) is 0 Å². The summed E-state index contributed by atoms with van der Waals surface area (Å²) >= 11 is 0. The molecule has 1 amide bonds. The van der Waals surface area contributed by atoms with Crippen LogP contribution < -0.4 is 5.32 Å². The van der Waals surface area contributed by atoms with E-state index in [-0.39, 0.29) is 18.4 Å². The number of nitrogens with one attached hydrogen (secondary N) is 1. The molecule has 0 saturated carbocycles. The number of carbonyl (C=O) groups excluding carboxylic acids is 2. The average molecular weight is 286 g/mol. The van der Waals surface area contributed by atoms with Crippen molar-refractivity contribution in [3.8, 4) is 0 Å². The predicted molar refractivity (Wildman–Crippen MR) is 80.4 cm³/mol. The molecule has 0 radical (unpaired) electrons. The molecular weight excluding hydrogens is 256 g/mol. The highest BCUT2D eigenvalue weighted by Gasteiger charge is 2.33. The van der Waals surface area contributed by atoms with Crippen LogP contribution in [0.15, 0.2) is 0 Å². The molecule has 0 fully saturated rings. The van der Waals surface area contributed by atoms with Gasteiger partial charge >= 0.3 is 5.97 Å². The van der Waals surface area contributed by atoms with Gasteiger partial charge < -0.3 is 15.0 Å². The molecular formula is C15H30N2O3. The standard InChI is InChI=1S/C15H30N2O3/c1-7-12(8-2)10-17(11-13(18)20-6)14(19)15(4,5)16-9-3/h12,16H,7-11H2,1-6H3. The van der Waals surface area contributed by atoms with Gasteiger partial charge in [-0.15, -0.1) is 0 Å². The fourth-order valence-electron chi connectivity index (χ4n) is 2.21. The molecule has 0 aromatic carbocycles. The molecule has 0 rings (SSSR count). The Morgan fingerprint density at radius 3 is 2.15 bits per heavy atom. The van der Waals surface area contributed by atoms with Gasteiger partial charge in [-0.3, -0.25) is 9.59 Å². The second-order valence-corrected chi connectivity index (χ2v) is 5.60. The molecule has 1 N–H and O–H groups in total. The van der Waals surface area contributed by atoms with Gasteiger partial charge in [0.15, 0.2) is 0 Å². The molecule has 0 heterocycles. The van der Waals surface area contributed by atoms with Gasteiger partial charge in [-0.2, -0.15) is 0 Å². The number of hydrogen-bond acceptors (Lipinski definition) is 4. The van der Waals surface area contributed by atoms with Crippen molar-refractivity contribution in [1.29, 1.82) is 0 Å². The van der Waals surface area contributed by atoms with Crippen LogP contribution in [-0.2, 0) is 14.3 Å². The van der Waals surface area contributed by atoms with Gasteiger partial charge in [-0.1, -0.05) is 33.6 Å². The van der Waals surface area contributed by atoms with Crippen LogP contribution in [0.4, 0.5) is 0 Å². The number of rotatable bonds is 9. The summed E-state index contributed by atoms with van der Waals surface area (Å²) in [5.74, 6) is -0.0331. The molecule has 0 bridgehead atoms. The summed E-state index contributed by atoms with van der Waals surface area (Å²) in [6.45, 7) is 11.2. The van der Waals surface area contributed by atoms with Crippen LogP contribution in [-0.4, -0.2) is 49.1 Å². The highest BCUT2D eigenvalue weighted by atomic mass is 16.5. The van der Waals surface area contributed by atoms with Crippen LogP contribution in [0, 0.1) is 5.92 Å². The summed E-state index contributed by atoms with van der Waals surface area (Å²) in [6.07, 6.45) is 1.98. The Morgan fingerprint density at radius 1 is 1.20 bits per heavy atom. The Balaban J connectivity index is 4.99. The first kappa shape index (κ1) is 18.9. The fourth-order valence-corrected chi connectivity index (χ4v) is 2.21. The van der Waals surface area contributed by atoms with Crippen molar-refractivity contribution < 1.29 is 14.3 Å². The number of methoxy groups -OCH3 is 1. The maximum absolute atomic E-state index is 12.6. The number of amides is 1. The predicted octanol–water partition coefficient (Wildman–Crippen LogP) is 1.81. The van der Waals surface area contributed by atoms with E-state index in [1.165, 1.54) is 7.11 Å². The van der Waals surface area contributed by atoms with Crippen molar-refractivity contribution in [2.24, 2.45) is 5.92 Å². The minimum atomic E-state index is -0.672. The number of carbonyl (C=O) groups is 2. The molecule has 0 aromatic rings. The maximum atomic E-state index is 12.6. The first-order valence-corrected chi connectivity index (χ1v) is 7.43. The van der Waals surface area contributed by atoms with E-state index in [1.807, 2.05) is 20.8 Å². The van der Waals surface area contributed by atoms with Crippen LogP contribution in [0.3, 0.4) is 0 Å². The molecule has 0 unspecified atom stereocenters. The molecule has 118 valence electrons. The maximum Gasteiger partial charge on any atom is 0.325 e. The lowest BCUT2D eigenvalue weighted by atomic mass is 9.99. The summed E-state index contributed by atoms with van der Waals surface area (Å²) in [6, 6.07) is 0. The lowest BCUT2D eigenvalue weighted by Crippen LogP contribution is -2.56. The summed E-state index contributed by atoms with van der Waals surface area (Å²) in [4.78, 5) is 25.8. The third-order valence-electron chi connectivity index (χ3n) is 3.62. The van der Waals surface area contributed by atoms with Crippen LogP contribution in [0.25, 0.3) is 0 Å². The van der Waals surface area contributed by atoms with Crippen molar-refractivity contribution in [3.63, 3.8) is 0 Å². The fraction of sp³-hybridized carbons (Fsp3) is 0.867. The molecule has 0 aliphatic carbocycles.